The molecule has 0 saturated heterocycles. The monoisotopic (exact) mass is 165 g/mol. The topological polar surface area (TPSA) is 47.0 Å². The molecule has 0 fully saturated rings. The maximum Gasteiger partial charge on any atom is 0.225 e. The summed E-state index contributed by atoms with van der Waals surface area (Å²) in [7, 11) is 1.76. The van der Waals surface area contributed by atoms with E-state index in [1.807, 2.05) is 0 Å². The number of hydrogen-bond acceptors (Lipinski definition) is 4. The zero-order chi connectivity index (χ0) is 8.81. The van der Waals surface area contributed by atoms with E-state index in [-0.39, 0.29) is 0 Å². The Bertz CT molecular complexity index is 262. The third kappa shape index (κ3) is 2.23. The molecule has 0 spiro atoms. The summed E-state index contributed by atoms with van der Waals surface area (Å²) in [6, 6.07) is 1.70. The molecule has 12 heavy (non-hydrogen) atoms. The van der Waals surface area contributed by atoms with Gasteiger partial charge in [0, 0.05) is 19.3 Å². The van der Waals surface area contributed by atoms with Crippen LogP contribution in [0.4, 0.5) is 5.95 Å². The van der Waals surface area contributed by atoms with Gasteiger partial charge >= 0.3 is 0 Å². The number of aromatic nitrogens is 2. The number of anilines is 1. The quantitative estimate of drug-likeness (QED) is 0.678. The molecular weight excluding hydrogens is 154 g/mol. The Hall–Kier alpha value is -1.58. The highest BCUT2D eigenvalue weighted by atomic mass is 16.5. The van der Waals surface area contributed by atoms with Crippen molar-refractivity contribution in [1.82, 2.24) is 9.97 Å². The van der Waals surface area contributed by atoms with Crippen molar-refractivity contribution in [1.29, 1.82) is 0 Å². The van der Waals surface area contributed by atoms with Gasteiger partial charge in [0.1, 0.15) is 6.61 Å². The summed E-state index contributed by atoms with van der Waals surface area (Å²) in [6.45, 7) is 3.99. The molecule has 4 nitrogen and oxygen atoms in total. The largest absolute Gasteiger partial charge is 0.473 e. The van der Waals surface area contributed by atoms with Crippen LogP contribution in [-0.4, -0.2) is 23.6 Å². The first-order valence-corrected chi connectivity index (χ1v) is 3.61. The predicted molar refractivity (Wildman–Crippen MR) is 47.3 cm³/mol. The van der Waals surface area contributed by atoms with Gasteiger partial charge in [0.15, 0.2) is 0 Å². The van der Waals surface area contributed by atoms with E-state index in [1.165, 1.54) is 0 Å². The lowest BCUT2D eigenvalue weighted by Crippen LogP contribution is -2.00. The Labute approximate surface area is 71.3 Å². The van der Waals surface area contributed by atoms with Crippen LogP contribution in [-0.2, 0) is 0 Å². The second-order valence-corrected chi connectivity index (χ2v) is 2.07. The Balaban J connectivity index is 2.65. The molecular formula is C8H11N3O. The standard InChI is InChI=1S/C8H11N3O/c1-3-6-12-7-4-5-10-8(9-2)11-7/h3-5H,1,6H2,2H3,(H,9,10,11). The molecule has 1 aromatic rings. The minimum Gasteiger partial charge on any atom is -0.473 e. The zero-order valence-electron chi connectivity index (χ0n) is 6.95. The van der Waals surface area contributed by atoms with Gasteiger partial charge < -0.3 is 10.1 Å². The lowest BCUT2D eigenvalue weighted by atomic mass is 10.6. The van der Waals surface area contributed by atoms with Crippen molar-refractivity contribution in [2.24, 2.45) is 0 Å². The lowest BCUT2D eigenvalue weighted by molar-refractivity contribution is 0.348. The first-order chi connectivity index (χ1) is 5.86. The fourth-order valence-electron chi connectivity index (χ4n) is 0.687. The van der Waals surface area contributed by atoms with E-state index in [4.69, 9.17) is 4.74 Å². The average Bonchev–Trinajstić information content (AvgIpc) is 2.15. The number of nitrogens with zero attached hydrogens (tertiary/aromatic N) is 2. The van der Waals surface area contributed by atoms with Crippen LogP contribution in [0.5, 0.6) is 5.88 Å². The van der Waals surface area contributed by atoms with Crippen LogP contribution in [0.2, 0.25) is 0 Å². The minimum atomic E-state index is 0.458. The number of ether oxygens (including phenoxy) is 1. The molecule has 0 amide bonds. The lowest BCUT2D eigenvalue weighted by Gasteiger charge is -2.02. The minimum absolute atomic E-state index is 0.458. The second kappa shape index (κ2) is 4.33. The Kier molecular flexibility index (Phi) is 3.07. The molecule has 0 aromatic carbocycles. The Morgan fingerprint density at radius 2 is 2.58 bits per heavy atom. The predicted octanol–water partition coefficient (Wildman–Crippen LogP) is 1.08. The summed E-state index contributed by atoms with van der Waals surface area (Å²) in [5.41, 5.74) is 0. The van der Waals surface area contributed by atoms with Crippen molar-refractivity contribution >= 4 is 5.95 Å². The smallest absolute Gasteiger partial charge is 0.225 e. The zero-order valence-corrected chi connectivity index (χ0v) is 6.95. The Morgan fingerprint density at radius 3 is 3.25 bits per heavy atom. The highest BCUT2D eigenvalue weighted by molar-refractivity contribution is 5.26. The van der Waals surface area contributed by atoms with Crippen molar-refractivity contribution in [3.63, 3.8) is 0 Å². The van der Waals surface area contributed by atoms with Gasteiger partial charge in [-0.25, -0.2) is 4.98 Å². The van der Waals surface area contributed by atoms with Gasteiger partial charge in [0.05, 0.1) is 0 Å². The van der Waals surface area contributed by atoms with Crippen molar-refractivity contribution in [3.05, 3.63) is 24.9 Å². The molecule has 0 aliphatic heterocycles. The molecule has 1 rings (SSSR count). The fraction of sp³-hybridized carbons (Fsp3) is 0.250. The van der Waals surface area contributed by atoms with Crippen LogP contribution in [0.15, 0.2) is 24.9 Å². The Morgan fingerprint density at radius 1 is 1.75 bits per heavy atom. The summed E-state index contributed by atoms with van der Waals surface area (Å²) in [4.78, 5) is 7.97. The van der Waals surface area contributed by atoms with Gasteiger partial charge in [0.2, 0.25) is 11.8 Å². The van der Waals surface area contributed by atoms with Crippen LogP contribution >= 0.6 is 0 Å². The highest BCUT2D eigenvalue weighted by Crippen LogP contribution is 2.06. The summed E-state index contributed by atoms with van der Waals surface area (Å²) >= 11 is 0. The summed E-state index contributed by atoms with van der Waals surface area (Å²) in [5, 5.41) is 2.82. The van der Waals surface area contributed by atoms with Gasteiger partial charge in [0.25, 0.3) is 0 Å². The van der Waals surface area contributed by atoms with Crippen molar-refractivity contribution in [3.8, 4) is 5.88 Å². The molecule has 0 atom stereocenters. The highest BCUT2D eigenvalue weighted by Gasteiger charge is 1.95. The van der Waals surface area contributed by atoms with E-state index in [1.54, 1.807) is 25.4 Å². The van der Waals surface area contributed by atoms with Crippen molar-refractivity contribution < 1.29 is 4.74 Å². The number of nitrogens with one attached hydrogen (secondary N) is 1. The number of hydrogen-bond donors (Lipinski definition) is 1. The van der Waals surface area contributed by atoms with Crippen LogP contribution in [0.1, 0.15) is 0 Å². The first kappa shape index (κ1) is 8.52. The van der Waals surface area contributed by atoms with Crippen LogP contribution in [0, 0.1) is 0 Å². The molecule has 0 unspecified atom stereocenters. The first-order valence-electron chi connectivity index (χ1n) is 3.61. The van der Waals surface area contributed by atoms with Crippen LogP contribution < -0.4 is 10.1 Å². The molecule has 64 valence electrons. The van der Waals surface area contributed by atoms with E-state index < -0.39 is 0 Å². The second-order valence-electron chi connectivity index (χ2n) is 2.07. The van der Waals surface area contributed by atoms with E-state index in [9.17, 15) is 0 Å². The third-order valence-corrected chi connectivity index (χ3v) is 1.20. The van der Waals surface area contributed by atoms with Gasteiger partial charge in [-0.3, -0.25) is 0 Å². The van der Waals surface area contributed by atoms with Crippen LogP contribution in [0.3, 0.4) is 0 Å². The van der Waals surface area contributed by atoms with Crippen molar-refractivity contribution in [2.45, 2.75) is 0 Å². The summed E-state index contributed by atoms with van der Waals surface area (Å²) in [5.74, 6) is 1.10. The van der Waals surface area contributed by atoms with Gasteiger partial charge in [-0.2, -0.15) is 4.98 Å². The van der Waals surface area contributed by atoms with E-state index >= 15 is 0 Å². The number of rotatable bonds is 4. The molecule has 0 radical (unpaired) electrons. The molecule has 0 aliphatic rings. The van der Waals surface area contributed by atoms with Gasteiger partial charge in [-0.15, -0.1) is 0 Å². The normalized spacial score (nSPS) is 9.08. The summed E-state index contributed by atoms with van der Waals surface area (Å²) in [6.07, 6.45) is 3.30. The molecule has 0 bridgehead atoms. The molecule has 0 aliphatic carbocycles. The maximum absolute atomic E-state index is 5.19. The molecule has 1 heterocycles. The van der Waals surface area contributed by atoms with Crippen molar-refractivity contribution in [2.75, 3.05) is 19.0 Å². The van der Waals surface area contributed by atoms with Gasteiger partial charge in [-0.05, 0) is 0 Å². The maximum atomic E-state index is 5.19. The fourth-order valence-corrected chi connectivity index (χ4v) is 0.687. The van der Waals surface area contributed by atoms with Gasteiger partial charge in [-0.1, -0.05) is 12.7 Å². The third-order valence-electron chi connectivity index (χ3n) is 1.20. The molecule has 0 saturated carbocycles. The van der Waals surface area contributed by atoms with Crippen LogP contribution in [0.25, 0.3) is 0 Å². The molecule has 1 N–H and O–H groups in total. The summed E-state index contributed by atoms with van der Waals surface area (Å²) < 4.78 is 5.19. The van der Waals surface area contributed by atoms with E-state index in [2.05, 4.69) is 21.9 Å². The SMILES string of the molecule is C=CCOc1ccnc(NC)n1. The van der Waals surface area contributed by atoms with E-state index in [0.29, 0.717) is 18.4 Å². The average molecular weight is 165 g/mol. The molecule has 1 aromatic heterocycles. The van der Waals surface area contributed by atoms with E-state index in [0.717, 1.165) is 0 Å². The molecule has 4 heteroatoms.